The number of nitrogens with two attached hydrogens (primary N) is 1. The number of carbonyl (C=O) groups excluding carboxylic acids is 2. The van der Waals surface area contributed by atoms with Gasteiger partial charge in [0.2, 0.25) is 5.91 Å². The summed E-state index contributed by atoms with van der Waals surface area (Å²) in [5.41, 5.74) is 5.56. The van der Waals surface area contributed by atoms with Crippen molar-refractivity contribution < 1.29 is 23.1 Å². The highest BCUT2D eigenvalue weighted by Gasteiger charge is 2.26. The van der Waals surface area contributed by atoms with Crippen molar-refractivity contribution in [1.29, 1.82) is 0 Å². The Morgan fingerprint density at radius 1 is 1.00 bits per heavy atom. The number of benzene rings is 1. The minimum Gasteiger partial charge on any atom is -0.434 e. The van der Waals surface area contributed by atoms with Crippen LogP contribution in [0.4, 0.5) is 8.78 Å². The van der Waals surface area contributed by atoms with Crippen LogP contribution in [0.3, 0.4) is 0 Å². The SMILES string of the molecule is Cl.NCCCCCCC(=O)N1CCN(C(=O)c2ccccc2OC(F)F)CC1. The second-order valence-electron chi connectivity index (χ2n) is 6.50. The fourth-order valence-electron chi connectivity index (χ4n) is 3.10. The molecular formula is C19H28ClF2N3O3. The third kappa shape index (κ3) is 7.24. The zero-order valence-electron chi connectivity index (χ0n) is 15.8. The van der Waals surface area contributed by atoms with E-state index in [0.29, 0.717) is 39.1 Å². The van der Waals surface area contributed by atoms with Crippen LogP contribution in [0, 0.1) is 0 Å². The smallest absolute Gasteiger partial charge is 0.387 e. The van der Waals surface area contributed by atoms with Crippen LogP contribution < -0.4 is 10.5 Å². The quantitative estimate of drug-likeness (QED) is 0.624. The molecule has 1 aliphatic heterocycles. The second-order valence-corrected chi connectivity index (χ2v) is 6.50. The molecule has 0 radical (unpaired) electrons. The molecule has 0 aliphatic carbocycles. The molecule has 0 spiro atoms. The van der Waals surface area contributed by atoms with Gasteiger partial charge in [-0.25, -0.2) is 0 Å². The lowest BCUT2D eigenvalue weighted by atomic mass is 10.1. The first-order valence-corrected chi connectivity index (χ1v) is 9.34. The van der Waals surface area contributed by atoms with Crippen molar-refractivity contribution in [3.63, 3.8) is 0 Å². The first kappa shape index (κ1) is 24.1. The fraction of sp³-hybridized carbons (Fsp3) is 0.579. The standard InChI is InChI=1S/C19H27F2N3O3.ClH/c20-19(21)27-16-8-5-4-7-15(16)18(26)24-13-11-23(12-14-24)17(25)9-3-1-2-6-10-22;/h4-5,7-8,19H,1-3,6,9-14,22H2;1H. The molecule has 9 heteroatoms. The van der Waals surface area contributed by atoms with E-state index in [1.165, 1.54) is 12.1 Å². The van der Waals surface area contributed by atoms with E-state index < -0.39 is 6.61 Å². The van der Waals surface area contributed by atoms with Gasteiger partial charge in [0.15, 0.2) is 0 Å². The first-order chi connectivity index (χ1) is 13.0. The minimum absolute atomic E-state index is 0. The van der Waals surface area contributed by atoms with Gasteiger partial charge in [-0.05, 0) is 31.5 Å². The van der Waals surface area contributed by atoms with Crippen LogP contribution in [-0.4, -0.2) is 60.9 Å². The average Bonchev–Trinajstić information content (AvgIpc) is 2.67. The monoisotopic (exact) mass is 419 g/mol. The molecular weight excluding hydrogens is 392 g/mol. The van der Waals surface area contributed by atoms with E-state index in [9.17, 15) is 18.4 Å². The van der Waals surface area contributed by atoms with E-state index in [-0.39, 0.29) is 35.5 Å². The van der Waals surface area contributed by atoms with E-state index in [2.05, 4.69) is 4.74 Å². The Balaban J connectivity index is 0.00000392. The Morgan fingerprint density at radius 3 is 2.25 bits per heavy atom. The van der Waals surface area contributed by atoms with Crippen LogP contribution in [-0.2, 0) is 4.79 Å². The van der Waals surface area contributed by atoms with Crippen LogP contribution >= 0.6 is 12.4 Å². The molecule has 2 N–H and O–H groups in total. The van der Waals surface area contributed by atoms with E-state index in [1.807, 2.05) is 0 Å². The number of carbonyl (C=O) groups is 2. The summed E-state index contributed by atoms with van der Waals surface area (Å²) in [6.45, 7) is -0.661. The minimum atomic E-state index is -2.99. The summed E-state index contributed by atoms with van der Waals surface area (Å²) in [7, 11) is 0. The topological polar surface area (TPSA) is 75.9 Å². The lowest BCUT2D eigenvalue weighted by Gasteiger charge is -2.35. The average molecular weight is 420 g/mol. The van der Waals surface area contributed by atoms with Crippen molar-refractivity contribution in [3.8, 4) is 5.75 Å². The maximum absolute atomic E-state index is 12.6. The molecule has 158 valence electrons. The van der Waals surface area contributed by atoms with Crippen molar-refractivity contribution in [2.24, 2.45) is 5.73 Å². The molecule has 28 heavy (non-hydrogen) atoms. The summed E-state index contributed by atoms with van der Waals surface area (Å²) in [6, 6.07) is 5.97. The molecule has 1 aliphatic rings. The van der Waals surface area contributed by atoms with Crippen molar-refractivity contribution in [2.45, 2.75) is 38.7 Å². The predicted octanol–water partition coefficient (Wildman–Crippen LogP) is 2.90. The van der Waals surface area contributed by atoms with Gasteiger partial charge in [0.25, 0.3) is 5.91 Å². The van der Waals surface area contributed by atoms with Gasteiger partial charge < -0.3 is 20.3 Å². The summed E-state index contributed by atoms with van der Waals surface area (Å²) in [5, 5.41) is 0. The number of nitrogens with zero attached hydrogens (tertiary/aromatic N) is 2. The third-order valence-electron chi connectivity index (χ3n) is 4.60. The van der Waals surface area contributed by atoms with E-state index in [1.54, 1.807) is 21.9 Å². The van der Waals surface area contributed by atoms with Gasteiger partial charge in [0, 0.05) is 32.6 Å². The molecule has 0 unspecified atom stereocenters. The van der Waals surface area contributed by atoms with Gasteiger partial charge >= 0.3 is 6.61 Å². The molecule has 1 aromatic rings. The highest BCUT2D eigenvalue weighted by Crippen LogP contribution is 2.22. The van der Waals surface area contributed by atoms with Crippen LogP contribution in [0.15, 0.2) is 24.3 Å². The summed E-state index contributed by atoms with van der Waals surface area (Å²) in [5.74, 6) is -0.398. The Morgan fingerprint density at radius 2 is 1.61 bits per heavy atom. The molecule has 0 atom stereocenters. The Kier molecular flexibility index (Phi) is 10.8. The fourth-order valence-corrected chi connectivity index (χ4v) is 3.10. The maximum Gasteiger partial charge on any atom is 0.387 e. The largest absolute Gasteiger partial charge is 0.434 e. The van der Waals surface area contributed by atoms with Gasteiger partial charge in [-0.2, -0.15) is 8.78 Å². The van der Waals surface area contributed by atoms with Crippen LogP contribution in [0.25, 0.3) is 0 Å². The number of alkyl halides is 2. The Hall–Kier alpha value is -1.93. The van der Waals surface area contributed by atoms with Gasteiger partial charge in [0.05, 0.1) is 5.56 Å². The third-order valence-corrected chi connectivity index (χ3v) is 4.60. The number of hydrogen-bond donors (Lipinski definition) is 1. The van der Waals surface area contributed by atoms with Crippen molar-refractivity contribution in [3.05, 3.63) is 29.8 Å². The van der Waals surface area contributed by atoms with Crippen LogP contribution in [0.1, 0.15) is 42.5 Å². The number of ether oxygens (including phenoxy) is 1. The molecule has 0 aromatic heterocycles. The zero-order valence-corrected chi connectivity index (χ0v) is 16.6. The summed E-state index contributed by atoms with van der Waals surface area (Å²) in [6.07, 6.45) is 4.35. The Labute approximate surface area is 170 Å². The maximum atomic E-state index is 12.6. The lowest BCUT2D eigenvalue weighted by molar-refractivity contribution is -0.132. The number of para-hydroxylation sites is 1. The molecule has 2 amide bonds. The van der Waals surface area contributed by atoms with Gasteiger partial charge in [-0.1, -0.05) is 25.0 Å². The van der Waals surface area contributed by atoms with Crippen LogP contribution in [0.5, 0.6) is 5.75 Å². The molecule has 6 nitrogen and oxygen atoms in total. The van der Waals surface area contributed by atoms with Crippen molar-refractivity contribution >= 4 is 24.2 Å². The number of hydrogen-bond acceptors (Lipinski definition) is 4. The molecule has 1 aromatic carbocycles. The van der Waals surface area contributed by atoms with E-state index >= 15 is 0 Å². The summed E-state index contributed by atoms with van der Waals surface area (Å²) in [4.78, 5) is 28.2. The lowest BCUT2D eigenvalue weighted by Crippen LogP contribution is -2.50. The number of piperazine rings is 1. The van der Waals surface area contributed by atoms with Crippen molar-refractivity contribution in [1.82, 2.24) is 9.80 Å². The van der Waals surface area contributed by atoms with Gasteiger partial charge in [-0.3, -0.25) is 9.59 Å². The summed E-state index contributed by atoms with van der Waals surface area (Å²) >= 11 is 0. The molecule has 1 heterocycles. The van der Waals surface area contributed by atoms with E-state index in [4.69, 9.17) is 5.73 Å². The zero-order chi connectivity index (χ0) is 19.6. The molecule has 1 fully saturated rings. The summed E-state index contributed by atoms with van der Waals surface area (Å²) < 4.78 is 29.5. The van der Waals surface area contributed by atoms with E-state index in [0.717, 1.165) is 25.7 Å². The molecule has 0 saturated carbocycles. The molecule has 2 rings (SSSR count). The normalized spacial score (nSPS) is 14.0. The van der Waals surface area contributed by atoms with Crippen molar-refractivity contribution in [2.75, 3.05) is 32.7 Å². The predicted molar refractivity (Wildman–Crippen MR) is 105 cm³/mol. The highest BCUT2D eigenvalue weighted by molar-refractivity contribution is 5.97. The number of halogens is 3. The Bertz CT molecular complexity index is 626. The first-order valence-electron chi connectivity index (χ1n) is 9.34. The second kappa shape index (κ2) is 12.5. The molecule has 1 saturated heterocycles. The number of unbranched alkanes of at least 4 members (excludes halogenated alkanes) is 3. The van der Waals surface area contributed by atoms with Gasteiger partial charge in [-0.15, -0.1) is 12.4 Å². The number of amides is 2. The van der Waals surface area contributed by atoms with Gasteiger partial charge in [0.1, 0.15) is 5.75 Å². The number of rotatable bonds is 9. The van der Waals surface area contributed by atoms with Crippen LogP contribution in [0.2, 0.25) is 0 Å². The highest BCUT2D eigenvalue weighted by atomic mass is 35.5. The molecule has 0 bridgehead atoms.